The predicted octanol–water partition coefficient (Wildman–Crippen LogP) is 0.977. The number of ether oxygens (including phenoxy) is 1. The summed E-state index contributed by atoms with van der Waals surface area (Å²) < 4.78 is 5.57. The fourth-order valence-electron chi connectivity index (χ4n) is 1.52. The van der Waals surface area contributed by atoms with Gasteiger partial charge in [0.1, 0.15) is 0 Å². The molecule has 1 aliphatic carbocycles. The van der Waals surface area contributed by atoms with Crippen LogP contribution in [0.15, 0.2) is 5.16 Å². The van der Waals surface area contributed by atoms with Crippen molar-refractivity contribution in [1.82, 2.24) is 10.2 Å². The molecular weight excluding hydrogens is 220 g/mol. The first-order valence-corrected chi connectivity index (χ1v) is 5.58. The van der Waals surface area contributed by atoms with Gasteiger partial charge in [-0.3, -0.25) is 0 Å². The van der Waals surface area contributed by atoms with Crippen LogP contribution in [0.1, 0.15) is 29.7 Å². The molecular formula is C11H16N4O2. The van der Waals surface area contributed by atoms with Gasteiger partial charge in [0.2, 0.25) is 5.88 Å². The summed E-state index contributed by atoms with van der Waals surface area (Å²) in [4.78, 5) is 0. The topological polar surface area (TPSA) is 93.6 Å². The highest BCUT2D eigenvalue weighted by Crippen LogP contribution is 2.30. The van der Waals surface area contributed by atoms with Crippen molar-refractivity contribution in [2.45, 2.75) is 26.7 Å². The van der Waals surface area contributed by atoms with Crippen LogP contribution in [0.2, 0.25) is 0 Å². The first-order valence-electron chi connectivity index (χ1n) is 5.58. The Hall–Kier alpha value is -1.85. The van der Waals surface area contributed by atoms with E-state index in [2.05, 4.69) is 15.4 Å². The van der Waals surface area contributed by atoms with E-state index in [0.717, 1.165) is 11.3 Å². The van der Waals surface area contributed by atoms with E-state index >= 15 is 0 Å². The van der Waals surface area contributed by atoms with Gasteiger partial charge in [-0.05, 0) is 38.2 Å². The molecule has 0 saturated heterocycles. The first kappa shape index (κ1) is 11.6. The van der Waals surface area contributed by atoms with Crippen LogP contribution in [0, 0.1) is 19.8 Å². The average Bonchev–Trinajstić information content (AvgIpc) is 3.13. The number of hydrogen-bond acceptors (Lipinski definition) is 5. The predicted molar refractivity (Wildman–Crippen MR) is 62.2 cm³/mol. The van der Waals surface area contributed by atoms with Crippen LogP contribution in [0.4, 0.5) is 0 Å². The highest BCUT2D eigenvalue weighted by molar-refractivity contribution is 6.00. The molecule has 3 N–H and O–H groups in total. The van der Waals surface area contributed by atoms with Crippen LogP contribution < -0.4 is 10.5 Å². The van der Waals surface area contributed by atoms with E-state index in [0.29, 0.717) is 24.0 Å². The van der Waals surface area contributed by atoms with Gasteiger partial charge in [-0.25, -0.2) is 0 Å². The molecule has 0 bridgehead atoms. The maximum Gasteiger partial charge on any atom is 0.244 e. The number of aromatic nitrogens is 2. The molecule has 0 spiro atoms. The van der Waals surface area contributed by atoms with Crippen LogP contribution in [0.25, 0.3) is 0 Å². The zero-order valence-electron chi connectivity index (χ0n) is 9.97. The summed E-state index contributed by atoms with van der Waals surface area (Å²) in [6.07, 6.45) is 2.38. The lowest BCUT2D eigenvalue weighted by atomic mass is 10.1. The van der Waals surface area contributed by atoms with Crippen molar-refractivity contribution < 1.29 is 9.94 Å². The maximum atomic E-state index is 8.78. The van der Waals surface area contributed by atoms with Crippen LogP contribution in [0.3, 0.4) is 0 Å². The highest BCUT2D eigenvalue weighted by Gasteiger charge is 2.24. The number of oxime groups is 1. The fraction of sp³-hybridized carbons (Fsp3) is 0.545. The third-order valence-corrected chi connectivity index (χ3v) is 2.94. The minimum Gasteiger partial charge on any atom is -0.476 e. The van der Waals surface area contributed by atoms with E-state index in [-0.39, 0.29) is 5.84 Å². The quantitative estimate of drug-likeness (QED) is 0.352. The summed E-state index contributed by atoms with van der Waals surface area (Å²) in [6, 6.07) is 0. The summed E-state index contributed by atoms with van der Waals surface area (Å²) in [7, 11) is 0. The summed E-state index contributed by atoms with van der Waals surface area (Å²) in [6.45, 7) is 4.28. The van der Waals surface area contributed by atoms with Gasteiger partial charge in [0.05, 0.1) is 17.9 Å². The Morgan fingerprint density at radius 2 is 2.18 bits per heavy atom. The van der Waals surface area contributed by atoms with Crippen molar-refractivity contribution in [3.8, 4) is 5.88 Å². The summed E-state index contributed by atoms with van der Waals surface area (Å²) in [5.74, 6) is 0.958. The average molecular weight is 236 g/mol. The number of rotatable bonds is 4. The van der Waals surface area contributed by atoms with Crippen molar-refractivity contribution >= 4 is 5.84 Å². The monoisotopic (exact) mass is 236 g/mol. The molecule has 0 radical (unpaired) electrons. The molecule has 0 aromatic carbocycles. The molecule has 2 rings (SSSR count). The Morgan fingerprint density at radius 3 is 2.76 bits per heavy atom. The molecule has 0 amide bonds. The van der Waals surface area contributed by atoms with Crippen LogP contribution >= 0.6 is 0 Å². The summed E-state index contributed by atoms with van der Waals surface area (Å²) in [5, 5.41) is 19.7. The Balaban J connectivity index is 2.31. The van der Waals surface area contributed by atoms with Gasteiger partial charge in [-0.15, -0.1) is 5.10 Å². The molecule has 1 aromatic heterocycles. The van der Waals surface area contributed by atoms with E-state index < -0.39 is 0 Å². The number of nitrogens with two attached hydrogens (primary N) is 1. The van der Waals surface area contributed by atoms with Gasteiger partial charge in [0.15, 0.2) is 5.84 Å². The third-order valence-electron chi connectivity index (χ3n) is 2.94. The number of hydrogen-bond donors (Lipinski definition) is 2. The lowest BCUT2D eigenvalue weighted by Crippen LogP contribution is -2.19. The van der Waals surface area contributed by atoms with Crippen molar-refractivity contribution in [2.75, 3.05) is 6.61 Å². The minimum absolute atomic E-state index is 0.00583. The van der Waals surface area contributed by atoms with Gasteiger partial charge in [-0.2, -0.15) is 5.10 Å². The Labute approximate surface area is 99.5 Å². The van der Waals surface area contributed by atoms with Crippen molar-refractivity contribution in [3.63, 3.8) is 0 Å². The van der Waals surface area contributed by atoms with E-state index in [9.17, 15) is 0 Å². The second kappa shape index (κ2) is 4.57. The molecule has 0 aliphatic heterocycles. The van der Waals surface area contributed by atoms with Crippen LogP contribution in [-0.4, -0.2) is 27.8 Å². The first-order chi connectivity index (χ1) is 8.13. The Kier molecular flexibility index (Phi) is 3.12. The molecule has 92 valence electrons. The number of nitrogens with zero attached hydrogens (tertiary/aromatic N) is 3. The molecule has 1 aromatic rings. The molecule has 1 heterocycles. The Morgan fingerprint density at radius 1 is 1.47 bits per heavy atom. The molecule has 0 atom stereocenters. The SMILES string of the molecule is Cc1nnc(OCC2CC2)c(/C(N)=N/O)c1C. The van der Waals surface area contributed by atoms with Gasteiger partial charge >= 0.3 is 0 Å². The minimum atomic E-state index is 0.00583. The zero-order chi connectivity index (χ0) is 12.4. The van der Waals surface area contributed by atoms with E-state index in [1.165, 1.54) is 12.8 Å². The number of amidine groups is 1. The lowest BCUT2D eigenvalue weighted by molar-refractivity contribution is 0.283. The zero-order valence-corrected chi connectivity index (χ0v) is 9.97. The Bertz CT molecular complexity index is 455. The number of aryl methyl sites for hydroxylation is 1. The van der Waals surface area contributed by atoms with Gasteiger partial charge in [0, 0.05) is 0 Å². The smallest absolute Gasteiger partial charge is 0.244 e. The molecule has 6 nitrogen and oxygen atoms in total. The molecule has 1 fully saturated rings. The maximum absolute atomic E-state index is 8.78. The van der Waals surface area contributed by atoms with Crippen molar-refractivity contribution in [1.29, 1.82) is 0 Å². The highest BCUT2D eigenvalue weighted by atomic mass is 16.5. The van der Waals surface area contributed by atoms with Crippen LogP contribution in [-0.2, 0) is 0 Å². The second-order valence-corrected chi connectivity index (χ2v) is 4.33. The lowest BCUT2D eigenvalue weighted by Gasteiger charge is -2.11. The summed E-state index contributed by atoms with van der Waals surface area (Å²) >= 11 is 0. The third kappa shape index (κ3) is 2.46. The van der Waals surface area contributed by atoms with Crippen molar-refractivity contribution in [3.05, 3.63) is 16.8 Å². The van der Waals surface area contributed by atoms with E-state index in [4.69, 9.17) is 15.7 Å². The van der Waals surface area contributed by atoms with Crippen molar-refractivity contribution in [2.24, 2.45) is 16.8 Å². The van der Waals surface area contributed by atoms with Gasteiger partial charge in [-0.1, -0.05) is 5.16 Å². The molecule has 6 heteroatoms. The molecule has 1 saturated carbocycles. The molecule has 17 heavy (non-hydrogen) atoms. The van der Waals surface area contributed by atoms with E-state index in [1.807, 2.05) is 13.8 Å². The molecule has 0 unspecified atom stereocenters. The fourth-order valence-corrected chi connectivity index (χ4v) is 1.52. The normalized spacial score (nSPS) is 16.0. The largest absolute Gasteiger partial charge is 0.476 e. The van der Waals surface area contributed by atoms with Crippen LogP contribution in [0.5, 0.6) is 5.88 Å². The standard InChI is InChI=1S/C11H16N4O2/c1-6-7(2)13-14-11(9(6)10(12)15-16)17-5-8-3-4-8/h8,16H,3-5H2,1-2H3,(H2,12,15). The second-order valence-electron chi connectivity index (χ2n) is 4.33. The molecule has 1 aliphatic rings. The summed E-state index contributed by atoms with van der Waals surface area (Å²) in [5.41, 5.74) is 7.73. The van der Waals surface area contributed by atoms with Gasteiger partial charge in [0.25, 0.3) is 0 Å². The van der Waals surface area contributed by atoms with E-state index in [1.54, 1.807) is 0 Å². The van der Waals surface area contributed by atoms with Gasteiger partial charge < -0.3 is 15.7 Å².